The Kier molecular flexibility index (Phi) is 4.30. The number of halogens is 2. The van der Waals surface area contributed by atoms with Crippen molar-refractivity contribution in [2.45, 2.75) is 19.9 Å². The van der Waals surface area contributed by atoms with E-state index in [4.69, 9.17) is 0 Å². The highest BCUT2D eigenvalue weighted by molar-refractivity contribution is 14.1. The molecule has 6 heteroatoms. The van der Waals surface area contributed by atoms with Crippen molar-refractivity contribution in [1.29, 1.82) is 0 Å². The number of hydrogen-bond acceptors (Lipinski definition) is 3. The third kappa shape index (κ3) is 2.93. The quantitative estimate of drug-likeness (QED) is 0.629. The fraction of sp³-hybridized carbons (Fsp3) is 0.500. The van der Waals surface area contributed by atoms with Crippen molar-refractivity contribution in [3.63, 3.8) is 0 Å². The van der Waals surface area contributed by atoms with Crippen LogP contribution in [0.5, 0.6) is 0 Å². The van der Waals surface area contributed by atoms with Crippen LogP contribution < -0.4 is 5.76 Å². The predicted molar refractivity (Wildman–Crippen MR) is 58.2 cm³/mol. The topological polar surface area (TPSA) is 48.0 Å². The average Bonchev–Trinajstić information content (AvgIpc) is 2.46. The zero-order chi connectivity index (χ0) is 10.6. The highest BCUT2D eigenvalue weighted by Gasteiger charge is 2.07. The van der Waals surface area contributed by atoms with Gasteiger partial charge in [-0.05, 0) is 13.3 Å². The lowest BCUT2D eigenvalue weighted by molar-refractivity contribution is 0.373. The van der Waals surface area contributed by atoms with Gasteiger partial charge in [0.2, 0.25) is 0 Å². The summed E-state index contributed by atoms with van der Waals surface area (Å²) in [6, 6.07) is 0. The molecule has 0 unspecified atom stereocenters. The van der Waals surface area contributed by atoms with Gasteiger partial charge in [-0.2, -0.15) is 0 Å². The molecular weight excluding hydrogens is 302 g/mol. The Morgan fingerprint density at radius 3 is 3.00 bits per heavy atom. The van der Waals surface area contributed by atoms with E-state index in [1.807, 2.05) is 0 Å². The van der Waals surface area contributed by atoms with Crippen LogP contribution in [0.4, 0.5) is 4.39 Å². The van der Waals surface area contributed by atoms with Crippen LogP contribution >= 0.6 is 22.6 Å². The Morgan fingerprint density at radius 2 is 2.50 bits per heavy atom. The lowest BCUT2D eigenvalue weighted by atomic mass is 10.4. The summed E-state index contributed by atoms with van der Waals surface area (Å²) in [6.07, 6.45) is 2.12. The first kappa shape index (κ1) is 11.4. The summed E-state index contributed by atoms with van der Waals surface area (Å²) in [4.78, 5) is 11.0. The number of aromatic nitrogens is 2. The molecule has 14 heavy (non-hydrogen) atoms. The maximum absolute atomic E-state index is 13.1. The fourth-order valence-corrected chi connectivity index (χ4v) is 1.25. The van der Waals surface area contributed by atoms with Crippen molar-refractivity contribution in [2.75, 3.05) is 4.43 Å². The fourth-order valence-electron chi connectivity index (χ4n) is 0.942. The van der Waals surface area contributed by atoms with E-state index in [1.54, 1.807) is 6.92 Å². The van der Waals surface area contributed by atoms with Crippen LogP contribution in [0.2, 0.25) is 0 Å². The van der Waals surface area contributed by atoms with Crippen LogP contribution in [0.3, 0.4) is 0 Å². The van der Waals surface area contributed by atoms with E-state index in [2.05, 4.69) is 32.3 Å². The van der Waals surface area contributed by atoms with Crippen LogP contribution in [0.15, 0.2) is 21.2 Å². The van der Waals surface area contributed by atoms with E-state index < -0.39 is 5.76 Å². The highest BCUT2D eigenvalue weighted by atomic mass is 127. The van der Waals surface area contributed by atoms with Gasteiger partial charge in [-0.3, -0.25) is 9.09 Å². The summed E-state index contributed by atoms with van der Waals surface area (Å²) >= 11 is 2.15. The maximum atomic E-state index is 13.1. The zero-order valence-corrected chi connectivity index (χ0v) is 9.82. The van der Waals surface area contributed by atoms with Crippen molar-refractivity contribution in [2.24, 2.45) is 0 Å². The lowest BCUT2D eigenvalue weighted by Crippen LogP contribution is -2.16. The Balaban J connectivity index is 2.74. The van der Waals surface area contributed by atoms with Crippen molar-refractivity contribution >= 4 is 22.6 Å². The minimum absolute atomic E-state index is 0.0925. The molecule has 1 aromatic heterocycles. The molecule has 0 radical (unpaired) electrons. The molecule has 1 rings (SSSR count). The van der Waals surface area contributed by atoms with Crippen molar-refractivity contribution < 1.29 is 8.91 Å². The first-order valence-corrected chi connectivity index (χ1v) is 5.61. The number of allylic oxidation sites excluding steroid dienone is 2. The monoisotopic (exact) mass is 312 g/mol. The van der Waals surface area contributed by atoms with Crippen LogP contribution in [0, 0.1) is 6.92 Å². The van der Waals surface area contributed by atoms with Crippen LogP contribution in [-0.2, 0) is 6.54 Å². The van der Waals surface area contributed by atoms with Gasteiger partial charge in [-0.15, -0.1) is 0 Å². The number of rotatable bonds is 4. The second-order valence-corrected chi connectivity index (χ2v) is 3.79. The molecule has 0 saturated carbocycles. The van der Waals surface area contributed by atoms with Gasteiger partial charge in [-0.1, -0.05) is 33.8 Å². The van der Waals surface area contributed by atoms with Crippen LogP contribution in [0.25, 0.3) is 0 Å². The lowest BCUT2D eigenvalue weighted by Gasteiger charge is -1.98. The molecule has 1 aromatic rings. The Labute approximate surface area is 93.9 Å². The Hall–Kier alpha value is -0.660. The molecule has 0 aliphatic carbocycles. The molecule has 0 fully saturated rings. The summed E-state index contributed by atoms with van der Waals surface area (Å²) in [5, 5.41) is 3.43. The highest BCUT2D eigenvalue weighted by Crippen LogP contribution is 2.04. The van der Waals surface area contributed by atoms with E-state index in [1.165, 1.54) is 6.08 Å². The Bertz CT molecular complexity index is 383. The van der Waals surface area contributed by atoms with Gasteiger partial charge in [0.05, 0.1) is 6.54 Å². The van der Waals surface area contributed by atoms with Crippen molar-refractivity contribution in [3.8, 4) is 0 Å². The van der Waals surface area contributed by atoms with Crippen molar-refractivity contribution in [1.82, 2.24) is 9.72 Å². The number of hydrogen-bond donors (Lipinski definition) is 0. The molecular formula is C8H10FIN2O2. The standard InChI is InChI=1S/C8H10FIN2O2/c1-6-11-14-8(13)12(6)5-7(9)3-2-4-10/h3H,2,4-5H2,1H3. The molecule has 0 spiro atoms. The smallest absolute Gasteiger partial charge is 0.296 e. The summed E-state index contributed by atoms with van der Waals surface area (Å²) in [5.41, 5.74) is 0. The summed E-state index contributed by atoms with van der Waals surface area (Å²) in [6.45, 7) is 1.50. The average molecular weight is 312 g/mol. The molecule has 0 amide bonds. The summed E-state index contributed by atoms with van der Waals surface area (Å²) in [7, 11) is 0. The summed E-state index contributed by atoms with van der Waals surface area (Å²) in [5.74, 6) is -0.580. The molecule has 0 saturated heterocycles. The first-order valence-electron chi connectivity index (χ1n) is 4.08. The van der Waals surface area contributed by atoms with Gasteiger partial charge >= 0.3 is 5.76 Å². The number of nitrogens with zero attached hydrogens (tertiary/aromatic N) is 2. The molecule has 1 heterocycles. The molecule has 0 aliphatic rings. The SMILES string of the molecule is Cc1noc(=O)n1CC(F)=CCCI. The zero-order valence-electron chi connectivity index (χ0n) is 7.67. The van der Waals surface area contributed by atoms with Gasteiger partial charge in [0, 0.05) is 4.43 Å². The van der Waals surface area contributed by atoms with E-state index in [-0.39, 0.29) is 12.4 Å². The van der Waals surface area contributed by atoms with Gasteiger partial charge in [0.1, 0.15) is 5.83 Å². The van der Waals surface area contributed by atoms with Crippen LogP contribution in [0.1, 0.15) is 12.2 Å². The molecule has 0 N–H and O–H groups in total. The normalized spacial score (nSPS) is 12.1. The summed E-state index contributed by atoms with van der Waals surface area (Å²) < 4.78 is 19.5. The largest absolute Gasteiger partial charge is 0.441 e. The minimum atomic E-state index is -0.625. The van der Waals surface area contributed by atoms with Gasteiger partial charge in [0.15, 0.2) is 5.82 Å². The van der Waals surface area contributed by atoms with E-state index in [0.717, 1.165) is 8.99 Å². The van der Waals surface area contributed by atoms with Crippen LogP contribution in [-0.4, -0.2) is 14.2 Å². The van der Waals surface area contributed by atoms with E-state index >= 15 is 0 Å². The third-order valence-corrected chi connectivity index (χ3v) is 2.27. The molecule has 4 nitrogen and oxygen atoms in total. The second kappa shape index (κ2) is 5.28. The minimum Gasteiger partial charge on any atom is -0.296 e. The molecule has 0 atom stereocenters. The molecule has 0 aromatic carbocycles. The van der Waals surface area contributed by atoms with E-state index in [9.17, 15) is 9.18 Å². The van der Waals surface area contributed by atoms with Gasteiger partial charge < -0.3 is 0 Å². The molecule has 78 valence electrons. The second-order valence-electron chi connectivity index (χ2n) is 2.71. The van der Waals surface area contributed by atoms with Gasteiger partial charge in [0.25, 0.3) is 0 Å². The first-order chi connectivity index (χ1) is 6.65. The molecule has 0 aliphatic heterocycles. The maximum Gasteiger partial charge on any atom is 0.441 e. The number of aryl methyl sites for hydroxylation is 1. The van der Waals surface area contributed by atoms with Gasteiger partial charge in [-0.25, -0.2) is 9.18 Å². The van der Waals surface area contributed by atoms with E-state index in [0.29, 0.717) is 12.2 Å². The number of alkyl halides is 1. The van der Waals surface area contributed by atoms with Crippen molar-refractivity contribution in [3.05, 3.63) is 28.3 Å². The third-order valence-electron chi connectivity index (χ3n) is 1.65. The molecule has 0 bridgehead atoms. The predicted octanol–water partition coefficient (Wildman–Crippen LogP) is 1.82. The Morgan fingerprint density at radius 1 is 1.79 bits per heavy atom.